The Kier molecular flexibility index (Phi) is 5.28. The molecule has 2 aromatic rings. The number of pyridine rings is 1. The van der Waals surface area contributed by atoms with Crippen molar-refractivity contribution in [3.8, 4) is 11.4 Å². The van der Waals surface area contributed by atoms with E-state index in [9.17, 15) is 5.11 Å². The zero-order valence-electron chi connectivity index (χ0n) is 10.9. The smallest absolute Gasteiger partial charge is 0.191 e. The van der Waals surface area contributed by atoms with Gasteiger partial charge in [0.05, 0.1) is 12.7 Å². The van der Waals surface area contributed by atoms with Gasteiger partial charge in [-0.15, -0.1) is 16.8 Å². The lowest BCUT2D eigenvalue weighted by atomic mass is 10.2. The third-order valence-electron chi connectivity index (χ3n) is 2.58. The molecular formula is C13H16N4O2S. The molecule has 0 aromatic carbocycles. The Hall–Kier alpha value is -1.70. The number of aromatic nitrogens is 4. The van der Waals surface area contributed by atoms with Crippen molar-refractivity contribution in [2.45, 2.75) is 17.8 Å². The van der Waals surface area contributed by atoms with E-state index < -0.39 is 6.10 Å². The zero-order chi connectivity index (χ0) is 14.4. The van der Waals surface area contributed by atoms with Crippen LogP contribution in [0.4, 0.5) is 0 Å². The number of allylic oxidation sites excluding steroid dienone is 1. The van der Waals surface area contributed by atoms with E-state index in [4.69, 9.17) is 5.11 Å². The van der Waals surface area contributed by atoms with E-state index in [-0.39, 0.29) is 6.61 Å². The molecule has 2 heterocycles. The molecular weight excluding hydrogens is 276 g/mol. The van der Waals surface area contributed by atoms with Gasteiger partial charge in [0.15, 0.2) is 11.0 Å². The summed E-state index contributed by atoms with van der Waals surface area (Å²) in [6, 6.07) is 3.72. The fraction of sp³-hybridized carbons (Fsp3) is 0.308. The maximum atomic E-state index is 9.41. The van der Waals surface area contributed by atoms with Crippen LogP contribution >= 0.6 is 11.8 Å². The molecule has 106 valence electrons. The van der Waals surface area contributed by atoms with Crippen molar-refractivity contribution in [2.75, 3.05) is 12.4 Å². The number of aliphatic hydroxyl groups is 2. The summed E-state index contributed by atoms with van der Waals surface area (Å²) >= 11 is 1.35. The van der Waals surface area contributed by atoms with Gasteiger partial charge in [0.2, 0.25) is 0 Å². The van der Waals surface area contributed by atoms with Crippen molar-refractivity contribution in [3.63, 3.8) is 0 Å². The summed E-state index contributed by atoms with van der Waals surface area (Å²) in [6.45, 7) is 4.04. The molecule has 2 rings (SSSR count). The fourth-order valence-corrected chi connectivity index (χ4v) is 2.49. The Morgan fingerprint density at radius 3 is 2.75 bits per heavy atom. The third kappa shape index (κ3) is 3.44. The first-order valence-corrected chi connectivity index (χ1v) is 7.11. The summed E-state index contributed by atoms with van der Waals surface area (Å²) in [6.07, 6.45) is 4.40. The molecule has 1 atom stereocenters. The van der Waals surface area contributed by atoms with Crippen molar-refractivity contribution in [2.24, 2.45) is 0 Å². The van der Waals surface area contributed by atoms with Gasteiger partial charge < -0.3 is 10.2 Å². The van der Waals surface area contributed by atoms with E-state index in [2.05, 4.69) is 21.8 Å². The van der Waals surface area contributed by atoms with Gasteiger partial charge in [-0.05, 0) is 12.1 Å². The molecule has 0 aliphatic carbocycles. The number of rotatable bonds is 7. The largest absolute Gasteiger partial charge is 0.394 e. The Morgan fingerprint density at radius 1 is 1.35 bits per heavy atom. The number of hydrogen-bond donors (Lipinski definition) is 2. The van der Waals surface area contributed by atoms with Crippen LogP contribution in [0.2, 0.25) is 0 Å². The van der Waals surface area contributed by atoms with Crippen LogP contribution in [0.5, 0.6) is 0 Å². The van der Waals surface area contributed by atoms with E-state index in [1.54, 1.807) is 18.5 Å². The molecule has 0 bridgehead atoms. The van der Waals surface area contributed by atoms with Crippen molar-refractivity contribution in [1.82, 2.24) is 19.7 Å². The SMILES string of the molecule is C=CCn1c(SCC(O)CO)nnc1-c1ccncc1. The second-order valence-corrected chi connectivity index (χ2v) is 5.08. The zero-order valence-corrected chi connectivity index (χ0v) is 11.7. The highest BCUT2D eigenvalue weighted by atomic mass is 32.2. The molecule has 0 amide bonds. The van der Waals surface area contributed by atoms with Crippen molar-refractivity contribution >= 4 is 11.8 Å². The molecule has 0 saturated carbocycles. The normalized spacial score (nSPS) is 12.3. The van der Waals surface area contributed by atoms with Crippen LogP contribution in [0, 0.1) is 0 Å². The highest BCUT2D eigenvalue weighted by Crippen LogP contribution is 2.24. The Morgan fingerprint density at radius 2 is 2.10 bits per heavy atom. The molecule has 0 aliphatic heterocycles. The molecule has 0 fully saturated rings. The highest BCUT2D eigenvalue weighted by Gasteiger charge is 2.14. The quantitative estimate of drug-likeness (QED) is 0.584. The second kappa shape index (κ2) is 7.18. The van der Waals surface area contributed by atoms with Gasteiger partial charge in [-0.3, -0.25) is 9.55 Å². The minimum Gasteiger partial charge on any atom is -0.394 e. The van der Waals surface area contributed by atoms with Gasteiger partial charge in [0.1, 0.15) is 0 Å². The summed E-state index contributed by atoms with van der Waals surface area (Å²) in [5, 5.41) is 27.2. The average Bonchev–Trinajstić information content (AvgIpc) is 2.89. The fourth-order valence-electron chi connectivity index (χ4n) is 1.63. The minimum absolute atomic E-state index is 0.264. The second-order valence-electron chi connectivity index (χ2n) is 4.09. The van der Waals surface area contributed by atoms with E-state index in [1.165, 1.54) is 11.8 Å². The molecule has 7 heteroatoms. The lowest BCUT2D eigenvalue weighted by molar-refractivity contribution is 0.113. The molecule has 2 N–H and O–H groups in total. The van der Waals surface area contributed by atoms with Crippen LogP contribution in [0.1, 0.15) is 0 Å². The monoisotopic (exact) mass is 292 g/mol. The summed E-state index contributed by atoms with van der Waals surface area (Å²) < 4.78 is 1.91. The first-order chi connectivity index (χ1) is 9.76. The van der Waals surface area contributed by atoms with Gasteiger partial charge in [-0.1, -0.05) is 17.8 Å². The number of nitrogens with zero attached hydrogens (tertiary/aromatic N) is 4. The topological polar surface area (TPSA) is 84.1 Å². The van der Waals surface area contributed by atoms with Crippen molar-refractivity contribution in [3.05, 3.63) is 37.2 Å². The molecule has 6 nitrogen and oxygen atoms in total. The molecule has 1 unspecified atom stereocenters. The minimum atomic E-state index is -0.766. The predicted octanol–water partition coefficient (Wildman–Crippen LogP) is 0.971. The first-order valence-electron chi connectivity index (χ1n) is 6.12. The van der Waals surface area contributed by atoms with Crippen LogP contribution < -0.4 is 0 Å². The predicted molar refractivity (Wildman–Crippen MR) is 77.3 cm³/mol. The van der Waals surface area contributed by atoms with Crippen LogP contribution in [0.25, 0.3) is 11.4 Å². The van der Waals surface area contributed by atoms with E-state index >= 15 is 0 Å². The van der Waals surface area contributed by atoms with Crippen LogP contribution in [0.3, 0.4) is 0 Å². The van der Waals surface area contributed by atoms with Gasteiger partial charge >= 0.3 is 0 Å². The number of hydrogen-bond acceptors (Lipinski definition) is 6. The van der Waals surface area contributed by atoms with E-state index in [1.807, 2.05) is 16.7 Å². The lowest BCUT2D eigenvalue weighted by Crippen LogP contribution is -2.15. The Balaban J connectivity index is 2.25. The number of aliphatic hydroxyl groups excluding tert-OH is 2. The lowest BCUT2D eigenvalue weighted by Gasteiger charge is -2.09. The highest BCUT2D eigenvalue weighted by molar-refractivity contribution is 7.99. The van der Waals surface area contributed by atoms with Gasteiger partial charge in [-0.25, -0.2) is 0 Å². The molecule has 20 heavy (non-hydrogen) atoms. The van der Waals surface area contributed by atoms with Crippen LogP contribution in [-0.2, 0) is 6.54 Å². The maximum Gasteiger partial charge on any atom is 0.191 e. The standard InChI is InChI=1S/C13H16N4O2S/c1-2-7-17-12(10-3-5-14-6-4-10)15-16-13(17)20-9-11(19)8-18/h2-6,11,18-19H,1,7-9H2. The Bertz CT molecular complexity index is 559. The summed E-state index contributed by atoms with van der Waals surface area (Å²) in [7, 11) is 0. The molecule has 0 aliphatic rings. The average molecular weight is 292 g/mol. The molecule has 0 radical (unpaired) electrons. The maximum absolute atomic E-state index is 9.41. The first kappa shape index (κ1) is 14.7. The molecule has 0 spiro atoms. The number of thioether (sulfide) groups is 1. The Labute approximate surface area is 121 Å². The van der Waals surface area contributed by atoms with Crippen molar-refractivity contribution in [1.29, 1.82) is 0 Å². The summed E-state index contributed by atoms with van der Waals surface area (Å²) in [5.74, 6) is 1.09. The van der Waals surface area contributed by atoms with E-state index in [0.717, 1.165) is 11.4 Å². The van der Waals surface area contributed by atoms with E-state index in [0.29, 0.717) is 17.5 Å². The van der Waals surface area contributed by atoms with Gasteiger partial charge in [0, 0.05) is 30.3 Å². The van der Waals surface area contributed by atoms with Crippen molar-refractivity contribution < 1.29 is 10.2 Å². The molecule has 0 saturated heterocycles. The van der Waals surface area contributed by atoms with Crippen LogP contribution in [-0.4, -0.2) is 48.4 Å². The van der Waals surface area contributed by atoms with Gasteiger partial charge in [0.25, 0.3) is 0 Å². The third-order valence-corrected chi connectivity index (χ3v) is 3.69. The van der Waals surface area contributed by atoms with Crippen LogP contribution in [0.15, 0.2) is 42.3 Å². The summed E-state index contributed by atoms with van der Waals surface area (Å²) in [5.41, 5.74) is 0.920. The molecule has 2 aromatic heterocycles. The summed E-state index contributed by atoms with van der Waals surface area (Å²) in [4.78, 5) is 3.98. The van der Waals surface area contributed by atoms with Gasteiger partial charge in [-0.2, -0.15) is 0 Å².